The maximum atomic E-state index is 12.7. The molecule has 1 aromatic rings. The molecule has 1 saturated heterocycles. The molecule has 0 saturated carbocycles. The lowest BCUT2D eigenvalue weighted by Gasteiger charge is -2.34. The van der Waals surface area contributed by atoms with Gasteiger partial charge in [0.25, 0.3) is 5.91 Å². The number of amides is 1. The molecule has 1 heterocycles. The molecule has 0 radical (unpaired) electrons. The number of nitrogens with one attached hydrogen (secondary N) is 1. The molecule has 0 spiro atoms. The average molecular weight is 288 g/mol. The lowest BCUT2D eigenvalue weighted by atomic mass is 9.86. The number of carbonyl (C=O) groups excluding carboxylic acids is 1. The molecule has 1 aliphatic heterocycles. The predicted octanol–water partition coefficient (Wildman–Crippen LogP) is 4.02. The van der Waals surface area contributed by atoms with Gasteiger partial charge in [0.15, 0.2) is 0 Å². The lowest BCUT2D eigenvalue weighted by molar-refractivity contribution is 0.0668. The maximum absolute atomic E-state index is 12.7. The van der Waals surface area contributed by atoms with Crippen LogP contribution < -0.4 is 5.32 Å². The molecule has 0 bridgehead atoms. The van der Waals surface area contributed by atoms with Crippen molar-refractivity contribution < 1.29 is 4.79 Å². The lowest BCUT2D eigenvalue weighted by Crippen LogP contribution is -2.39. The summed E-state index contributed by atoms with van der Waals surface area (Å²) < 4.78 is 0. The van der Waals surface area contributed by atoms with E-state index in [1.54, 1.807) is 0 Å². The molecule has 3 nitrogen and oxygen atoms in total. The van der Waals surface area contributed by atoms with E-state index in [4.69, 9.17) is 0 Å². The standard InChI is InChI=1S/C18H28N2O/c1-4-11-19-17-8-6-5-7-16(17)18(21)20-12-9-15(10-13-20)14(2)3/h5-8,14-15,19H,4,9-13H2,1-3H3. The van der Waals surface area contributed by atoms with Crippen LogP contribution in [0.1, 0.15) is 50.4 Å². The third-order valence-electron chi connectivity index (χ3n) is 4.49. The van der Waals surface area contributed by atoms with Crippen LogP contribution in [0, 0.1) is 11.8 Å². The van der Waals surface area contributed by atoms with Gasteiger partial charge in [-0.1, -0.05) is 32.9 Å². The van der Waals surface area contributed by atoms with E-state index in [0.717, 1.165) is 62.0 Å². The normalized spacial score (nSPS) is 16.3. The molecule has 0 aliphatic carbocycles. The van der Waals surface area contributed by atoms with Crippen molar-refractivity contribution >= 4 is 11.6 Å². The van der Waals surface area contributed by atoms with E-state index in [-0.39, 0.29) is 5.91 Å². The fourth-order valence-electron chi connectivity index (χ4n) is 3.02. The number of carbonyl (C=O) groups is 1. The minimum Gasteiger partial charge on any atom is -0.384 e. The second-order valence-electron chi connectivity index (χ2n) is 6.35. The Kier molecular flexibility index (Phi) is 5.66. The third kappa shape index (κ3) is 3.99. The third-order valence-corrected chi connectivity index (χ3v) is 4.49. The summed E-state index contributed by atoms with van der Waals surface area (Å²) in [6.07, 6.45) is 3.32. The highest BCUT2D eigenvalue weighted by atomic mass is 16.2. The highest BCUT2D eigenvalue weighted by Crippen LogP contribution is 2.26. The van der Waals surface area contributed by atoms with Crippen molar-refractivity contribution in [1.29, 1.82) is 0 Å². The second kappa shape index (κ2) is 7.48. The SMILES string of the molecule is CCCNc1ccccc1C(=O)N1CCC(C(C)C)CC1. The summed E-state index contributed by atoms with van der Waals surface area (Å²) in [4.78, 5) is 14.8. The smallest absolute Gasteiger partial charge is 0.255 e. The Balaban J connectivity index is 2.04. The number of para-hydroxylation sites is 1. The first kappa shape index (κ1) is 15.9. The van der Waals surface area contributed by atoms with E-state index in [1.807, 2.05) is 29.2 Å². The zero-order chi connectivity index (χ0) is 15.2. The highest BCUT2D eigenvalue weighted by Gasteiger charge is 2.26. The van der Waals surface area contributed by atoms with Gasteiger partial charge in [0.2, 0.25) is 0 Å². The van der Waals surface area contributed by atoms with Crippen molar-refractivity contribution in [1.82, 2.24) is 4.90 Å². The van der Waals surface area contributed by atoms with Gasteiger partial charge in [0.1, 0.15) is 0 Å². The number of anilines is 1. The van der Waals surface area contributed by atoms with Crippen LogP contribution in [0.3, 0.4) is 0 Å². The van der Waals surface area contributed by atoms with Crippen LogP contribution in [0.2, 0.25) is 0 Å². The van der Waals surface area contributed by atoms with Gasteiger partial charge in [-0.3, -0.25) is 4.79 Å². The highest BCUT2D eigenvalue weighted by molar-refractivity contribution is 5.99. The van der Waals surface area contributed by atoms with E-state index in [0.29, 0.717) is 0 Å². The Labute approximate surface area is 128 Å². The number of benzene rings is 1. The monoisotopic (exact) mass is 288 g/mol. The number of hydrogen-bond acceptors (Lipinski definition) is 2. The van der Waals surface area contributed by atoms with E-state index in [2.05, 4.69) is 26.1 Å². The average Bonchev–Trinajstić information content (AvgIpc) is 2.52. The largest absolute Gasteiger partial charge is 0.384 e. The first-order chi connectivity index (χ1) is 10.1. The number of piperidine rings is 1. The summed E-state index contributed by atoms with van der Waals surface area (Å²) in [5, 5.41) is 3.36. The summed E-state index contributed by atoms with van der Waals surface area (Å²) in [6.45, 7) is 9.39. The van der Waals surface area contributed by atoms with Crippen LogP contribution in [0.15, 0.2) is 24.3 Å². The Hall–Kier alpha value is -1.51. The number of likely N-dealkylation sites (tertiary alicyclic amines) is 1. The first-order valence-corrected chi connectivity index (χ1v) is 8.25. The van der Waals surface area contributed by atoms with Crippen molar-refractivity contribution in [3.8, 4) is 0 Å². The van der Waals surface area contributed by atoms with E-state index >= 15 is 0 Å². The van der Waals surface area contributed by atoms with Gasteiger partial charge >= 0.3 is 0 Å². The van der Waals surface area contributed by atoms with Crippen LogP contribution in [-0.2, 0) is 0 Å². The molecule has 2 rings (SSSR count). The molecular formula is C18H28N2O. The van der Waals surface area contributed by atoms with Gasteiger partial charge in [-0.2, -0.15) is 0 Å². The van der Waals surface area contributed by atoms with Gasteiger partial charge in [0, 0.05) is 25.3 Å². The van der Waals surface area contributed by atoms with Crippen LogP contribution in [0.5, 0.6) is 0 Å². The number of nitrogens with zero attached hydrogens (tertiary/aromatic N) is 1. The second-order valence-corrected chi connectivity index (χ2v) is 6.35. The summed E-state index contributed by atoms with van der Waals surface area (Å²) in [6, 6.07) is 7.88. The molecule has 1 amide bonds. The predicted molar refractivity (Wildman–Crippen MR) is 88.7 cm³/mol. The topological polar surface area (TPSA) is 32.3 Å². The molecule has 1 N–H and O–H groups in total. The Morgan fingerprint density at radius 3 is 2.57 bits per heavy atom. The van der Waals surface area contributed by atoms with E-state index < -0.39 is 0 Å². The van der Waals surface area contributed by atoms with Gasteiger partial charge < -0.3 is 10.2 Å². The van der Waals surface area contributed by atoms with E-state index in [9.17, 15) is 4.79 Å². The number of hydrogen-bond donors (Lipinski definition) is 1. The molecule has 116 valence electrons. The molecular weight excluding hydrogens is 260 g/mol. The van der Waals surface area contributed by atoms with Crippen LogP contribution >= 0.6 is 0 Å². The van der Waals surface area contributed by atoms with Crippen LogP contribution in [-0.4, -0.2) is 30.4 Å². The summed E-state index contributed by atoms with van der Waals surface area (Å²) in [5.74, 6) is 1.67. The van der Waals surface area contributed by atoms with Crippen molar-refractivity contribution in [3.05, 3.63) is 29.8 Å². The first-order valence-electron chi connectivity index (χ1n) is 8.25. The fourth-order valence-corrected chi connectivity index (χ4v) is 3.02. The molecule has 0 aromatic heterocycles. The Morgan fingerprint density at radius 1 is 1.29 bits per heavy atom. The number of rotatable bonds is 5. The van der Waals surface area contributed by atoms with Crippen molar-refractivity contribution in [2.24, 2.45) is 11.8 Å². The minimum absolute atomic E-state index is 0.177. The maximum Gasteiger partial charge on any atom is 0.255 e. The molecule has 3 heteroatoms. The zero-order valence-electron chi connectivity index (χ0n) is 13.6. The Bertz CT molecular complexity index is 462. The van der Waals surface area contributed by atoms with Crippen LogP contribution in [0.4, 0.5) is 5.69 Å². The molecule has 21 heavy (non-hydrogen) atoms. The zero-order valence-corrected chi connectivity index (χ0v) is 13.6. The summed E-state index contributed by atoms with van der Waals surface area (Å²) >= 11 is 0. The molecule has 0 unspecified atom stereocenters. The van der Waals surface area contributed by atoms with Gasteiger partial charge in [-0.05, 0) is 43.2 Å². The molecule has 1 aromatic carbocycles. The van der Waals surface area contributed by atoms with E-state index in [1.165, 1.54) is 0 Å². The molecule has 1 aliphatic rings. The quantitative estimate of drug-likeness (QED) is 0.887. The molecule has 0 atom stereocenters. The van der Waals surface area contributed by atoms with Gasteiger partial charge in [-0.15, -0.1) is 0 Å². The fraction of sp³-hybridized carbons (Fsp3) is 0.611. The van der Waals surface area contributed by atoms with Crippen molar-refractivity contribution in [3.63, 3.8) is 0 Å². The summed E-state index contributed by atoms with van der Waals surface area (Å²) in [7, 11) is 0. The minimum atomic E-state index is 0.177. The van der Waals surface area contributed by atoms with Crippen LogP contribution in [0.25, 0.3) is 0 Å². The Morgan fingerprint density at radius 2 is 1.95 bits per heavy atom. The van der Waals surface area contributed by atoms with Crippen molar-refractivity contribution in [2.75, 3.05) is 25.0 Å². The van der Waals surface area contributed by atoms with Gasteiger partial charge in [-0.25, -0.2) is 0 Å². The van der Waals surface area contributed by atoms with Gasteiger partial charge in [0.05, 0.1) is 5.56 Å². The summed E-state index contributed by atoms with van der Waals surface area (Å²) in [5.41, 5.74) is 1.78. The van der Waals surface area contributed by atoms with Crippen molar-refractivity contribution in [2.45, 2.75) is 40.0 Å². The molecule has 1 fully saturated rings.